The van der Waals surface area contributed by atoms with Crippen molar-refractivity contribution in [3.05, 3.63) is 64.4 Å². The maximum absolute atomic E-state index is 13.0. The number of H-pyrrole nitrogens is 1. The minimum Gasteiger partial charge on any atom is -0.504 e. The van der Waals surface area contributed by atoms with Crippen molar-refractivity contribution < 1.29 is 9.50 Å². The van der Waals surface area contributed by atoms with E-state index < -0.39 is 0 Å². The van der Waals surface area contributed by atoms with Gasteiger partial charge < -0.3 is 10.1 Å². The van der Waals surface area contributed by atoms with E-state index in [1.165, 1.54) is 12.1 Å². The summed E-state index contributed by atoms with van der Waals surface area (Å²) in [5, 5.41) is 19.3. The first-order chi connectivity index (χ1) is 12.1. The predicted octanol–water partition coefficient (Wildman–Crippen LogP) is 3.61. The van der Waals surface area contributed by atoms with E-state index in [-0.39, 0.29) is 17.3 Å². The topological polar surface area (TPSA) is 87.6 Å². The Balaban J connectivity index is 1.71. The highest BCUT2D eigenvalue weighted by molar-refractivity contribution is 9.10. The normalized spacial score (nSPS) is 11.1. The van der Waals surface area contributed by atoms with Crippen molar-refractivity contribution in [2.45, 2.75) is 6.42 Å². The molecule has 0 bridgehead atoms. The van der Waals surface area contributed by atoms with E-state index >= 15 is 0 Å². The minimum absolute atomic E-state index is 0.0664. The van der Waals surface area contributed by atoms with E-state index in [1.807, 2.05) is 6.07 Å². The number of nitrogens with zero attached hydrogens (tertiary/aromatic N) is 4. The number of aromatic amines is 1. The Morgan fingerprint density at radius 3 is 2.72 bits per heavy atom. The molecule has 8 heteroatoms. The molecule has 0 atom stereocenters. The SMILES string of the molecule is Oc1c(-c2nnc(Cc3ccc(F)cc3)[nH]2)nc(Br)c2cccnc12. The molecule has 4 aromatic rings. The Morgan fingerprint density at radius 2 is 1.92 bits per heavy atom. The maximum atomic E-state index is 13.0. The second-order valence-electron chi connectivity index (χ2n) is 5.42. The predicted molar refractivity (Wildman–Crippen MR) is 93.5 cm³/mol. The zero-order valence-electron chi connectivity index (χ0n) is 12.7. The van der Waals surface area contributed by atoms with Crippen LogP contribution < -0.4 is 0 Å². The first kappa shape index (κ1) is 15.6. The summed E-state index contributed by atoms with van der Waals surface area (Å²) in [4.78, 5) is 11.6. The number of fused-ring (bicyclic) bond motifs is 1. The molecule has 25 heavy (non-hydrogen) atoms. The largest absolute Gasteiger partial charge is 0.504 e. The van der Waals surface area contributed by atoms with Gasteiger partial charge in [-0.25, -0.2) is 9.37 Å². The summed E-state index contributed by atoms with van der Waals surface area (Å²) < 4.78 is 13.5. The van der Waals surface area contributed by atoms with E-state index in [0.717, 1.165) is 5.56 Å². The average molecular weight is 400 g/mol. The van der Waals surface area contributed by atoms with Crippen molar-refractivity contribution in [2.24, 2.45) is 0 Å². The molecule has 0 saturated heterocycles. The summed E-state index contributed by atoms with van der Waals surface area (Å²) in [6, 6.07) is 9.73. The fourth-order valence-corrected chi connectivity index (χ4v) is 3.03. The van der Waals surface area contributed by atoms with Gasteiger partial charge in [-0.1, -0.05) is 12.1 Å². The molecule has 1 aromatic carbocycles. The van der Waals surface area contributed by atoms with Gasteiger partial charge in [-0.3, -0.25) is 4.98 Å². The molecule has 0 aliphatic heterocycles. The van der Waals surface area contributed by atoms with E-state index in [9.17, 15) is 9.50 Å². The smallest absolute Gasteiger partial charge is 0.183 e. The molecule has 0 saturated carbocycles. The van der Waals surface area contributed by atoms with Gasteiger partial charge in [0.15, 0.2) is 17.3 Å². The number of hydrogen-bond acceptors (Lipinski definition) is 5. The van der Waals surface area contributed by atoms with Gasteiger partial charge in [-0.2, -0.15) is 0 Å². The summed E-state index contributed by atoms with van der Waals surface area (Å²) in [6.45, 7) is 0. The van der Waals surface area contributed by atoms with Crippen LogP contribution in [0.25, 0.3) is 22.4 Å². The van der Waals surface area contributed by atoms with Gasteiger partial charge in [0.05, 0.1) is 0 Å². The van der Waals surface area contributed by atoms with Gasteiger partial charge >= 0.3 is 0 Å². The van der Waals surface area contributed by atoms with Crippen LogP contribution in [0.15, 0.2) is 47.2 Å². The molecular weight excluding hydrogens is 389 g/mol. The van der Waals surface area contributed by atoms with Crippen LogP contribution in [0, 0.1) is 5.82 Å². The second-order valence-corrected chi connectivity index (χ2v) is 6.17. The summed E-state index contributed by atoms with van der Waals surface area (Å²) in [5.41, 5.74) is 1.58. The number of hydrogen-bond donors (Lipinski definition) is 2. The molecule has 3 aromatic heterocycles. The number of rotatable bonds is 3. The third-order valence-electron chi connectivity index (χ3n) is 3.73. The Bertz CT molecular complexity index is 1060. The minimum atomic E-state index is -0.287. The number of aromatic hydroxyl groups is 1. The van der Waals surface area contributed by atoms with Crippen LogP contribution >= 0.6 is 15.9 Å². The third kappa shape index (κ3) is 2.96. The zero-order valence-corrected chi connectivity index (χ0v) is 14.3. The van der Waals surface area contributed by atoms with Crippen LogP contribution in [0.5, 0.6) is 5.75 Å². The van der Waals surface area contributed by atoms with Gasteiger partial charge in [0.2, 0.25) is 0 Å². The Kier molecular flexibility index (Phi) is 3.89. The number of aromatic nitrogens is 5. The van der Waals surface area contributed by atoms with Crippen LogP contribution in [-0.2, 0) is 6.42 Å². The first-order valence-corrected chi connectivity index (χ1v) is 8.20. The standard InChI is InChI=1S/C17H11BrFN5O/c18-16-11-2-1-7-20-13(11)15(25)14(22-16)17-21-12(23-24-17)8-9-3-5-10(19)6-4-9/h1-7,25H,8H2,(H,21,23,24). The van der Waals surface area contributed by atoms with Gasteiger partial charge in [-0.15, -0.1) is 10.2 Å². The van der Waals surface area contributed by atoms with Crippen LogP contribution in [-0.4, -0.2) is 30.3 Å². The number of halogens is 2. The molecule has 0 fully saturated rings. The first-order valence-electron chi connectivity index (χ1n) is 7.41. The average Bonchev–Trinajstić information content (AvgIpc) is 3.08. The molecule has 0 aliphatic carbocycles. The highest BCUT2D eigenvalue weighted by atomic mass is 79.9. The Morgan fingerprint density at radius 1 is 1.12 bits per heavy atom. The lowest BCUT2D eigenvalue weighted by Crippen LogP contribution is -1.93. The molecule has 0 radical (unpaired) electrons. The van der Waals surface area contributed by atoms with Crippen LogP contribution in [0.1, 0.15) is 11.4 Å². The summed E-state index contributed by atoms with van der Waals surface area (Å²) in [6.07, 6.45) is 2.06. The monoisotopic (exact) mass is 399 g/mol. The van der Waals surface area contributed by atoms with Gasteiger partial charge in [-0.05, 0) is 45.8 Å². The van der Waals surface area contributed by atoms with Crippen molar-refractivity contribution in [1.29, 1.82) is 0 Å². The quantitative estimate of drug-likeness (QED) is 0.513. The third-order valence-corrected chi connectivity index (χ3v) is 4.34. The molecule has 0 amide bonds. The molecule has 6 nitrogen and oxygen atoms in total. The Labute approximate surface area is 149 Å². The highest BCUT2D eigenvalue weighted by Crippen LogP contribution is 2.34. The van der Waals surface area contributed by atoms with E-state index in [0.29, 0.717) is 33.6 Å². The lowest BCUT2D eigenvalue weighted by atomic mass is 10.1. The highest BCUT2D eigenvalue weighted by Gasteiger charge is 2.17. The van der Waals surface area contributed by atoms with Crippen LogP contribution in [0.4, 0.5) is 4.39 Å². The molecular formula is C17H11BrFN5O. The summed E-state index contributed by atoms with van der Waals surface area (Å²) in [5.74, 6) is 0.566. The van der Waals surface area contributed by atoms with Gasteiger partial charge in [0, 0.05) is 18.0 Å². The Hall–Kier alpha value is -2.87. The van der Waals surface area contributed by atoms with Crippen LogP contribution in [0.3, 0.4) is 0 Å². The van der Waals surface area contributed by atoms with E-state index in [2.05, 4.69) is 41.1 Å². The van der Waals surface area contributed by atoms with E-state index in [4.69, 9.17) is 0 Å². The lowest BCUT2D eigenvalue weighted by Gasteiger charge is -2.05. The fraction of sp³-hybridized carbons (Fsp3) is 0.0588. The van der Waals surface area contributed by atoms with Gasteiger partial charge in [0.25, 0.3) is 0 Å². The van der Waals surface area contributed by atoms with E-state index in [1.54, 1.807) is 24.4 Å². The van der Waals surface area contributed by atoms with Crippen molar-refractivity contribution in [3.8, 4) is 17.3 Å². The molecule has 4 rings (SSSR count). The van der Waals surface area contributed by atoms with Crippen molar-refractivity contribution in [1.82, 2.24) is 25.1 Å². The number of nitrogens with one attached hydrogen (secondary N) is 1. The molecule has 3 heterocycles. The second kappa shape index (κ2) is 6.21. The maximum Gasteiger partial charge on any atom is 0.183 e. The molecule has 0 spiro atoms. The van der Waals surface area contributed by atoms with Gasteiger partial charge in [0.1, 0.15) is 21.8 Å². The summed E-state index contributed by atoms with van der Waals surface area (Å²) >= 11 is 3.39. The molecule has 0 unspecified atom stereocenters. The van der Waals surface area contributed by atoms with Crippen molar-refractivity contribution in [3.63, 3.8) is 0 Å². The molecule has 2 N–H and O–H groups in total. The fourth-order valence-electron chi connectivity index (χ4n) is 2.53. The molecule has 124 valence electrons. The van der Waals surface area contributed by atoms with Crippen molar-refractivity contribution >= 4 is 26.8 Å². The molecule has 0 aliphatic rings. The zero-order chi connectivity index (χ0) is 17.4. The number of pyridine rings is 2. The summed E-state index contributed by atoms with van der Waals surface area (Å²) in [7, 11) is 0. The van der Waals surface area contributed by atoms with Crippen molar-refractivity contribution in [2.75, 3.05) is 0 Å². The number of benzene rings is 1. The van der Waals surface area contributed by atoms with Crippen LogP contribution in [0.2, 0.25) is 0 Å². The lowest BCUT2D eigenvalue weighted by molar-refractivity contribution is 0.479.